The van der Waals surface area contributed by atoms with E-state index in [1.165, 1.54) is 14.7 Å². The number of hydrogen-bond acceptors (Lipinski definition) is 13. The first kappa shape index (κ1) is 70.3. The van der Waals surface area contributed by atoms with E-state index in [1.54, 1.807) is 33.2 Å². The average Bonchev–Trinajstić information content (AvgIpc) is 1.81. The van der Waals surface area contributed by atoms with Crippen molar-refractivity contribution in [3.05, 3.63) is 72.1 Å². The standard InChI is InChI=1S/C66H97N17O10/c1-5-39(4)55-62(90)79-54(38(2)3)61(89)75-47(24-14-30-71-66(69)70)56(84)74-46(22-10-12-28-67)57(85)76-48(23-11-13-29-68)63(91)81-31-15-25-51(81)60(88)78-50(35-41-37-73-45-21-9-7-19-43(41)45)64(92)83-33-17-27-53(83)65(93)82-32-16-26-52(82)59(87)77-49(58(86)80-55)34-40-36-72-44-20-8-6-18-42(40)44/h6-9,18-21,36-39,46-55,72-73H,5,10-17,22-35,67-68H2,1-4H3,(H,74,84)(H,75,89)(H,76,85)(H,77,87)(H,78,88)(H,79,90)(H,80,86)(H4,69,70,71)/t39-,46-,47-,48-,49-,50-,51-,52-,53+,54-,55-/m0/s1. The van der Waals surface area contributed by atoms with Gasteiger partial charge in [0.1, 0.15) is 60.4 Å². The van der Waals surface area contributed by atoms with Crippen LogP contribution in [-0.2, 0) is 60.8 Å². The Morgan fingerprint density at radius 1 is 0.484 bits per heavy atom. The van der Waals surface area contributed by atoms with Crippen LogP contribution in [-0.4, -0.2) is 189 Å². The zero-order valence-electron chi connectivity index (χ0n) is 54.1. The molecule has 4 fully saturated rings. The minimum absolute atomic E-state index is 0.00892. The number of aromatic nitrogens is 2. The Morgan fingerprint density at radius 3 is 1.44 bits per heavy atom. The van der Waals surface area contributed by atoms with Gasteiger partial charge in [-0.1, -0.05) is 70.5 Å². The van der Waals surface area contributed by atoms with Crippen LogP contribution in [0, 0.1) is 11.8 Å². The maximum Gasteiger partial charge on any atom is 0.246 e. The number of aromatic amines is 2. The molecule has 0 saturated carbocycles. The zero-order chi connectivity index (χ0) is 66.9. The highest BCUT2D eigenvalue weighted by atomic mass is 16.2. The number of benzene rings is 2. The summed E-state index contributed by atoms with van der Waals surface area (Å²) in [5.41, 5.74) is 26.1. The highest BCUT2D eigenvalue weighted by Gasteiger charge is 2.46. The van der Waals surface area contributed by atoms with Crippen LogP contribution in [0.3, 0.4) is 0 Å². The van der Waals surface area contributed by atoms with Gasteiger partial charge in [-0.3, -0.25) is 52.9 Å². The summed E-state index contributed by atoms with van der Waals surface area (Å²) in [4.78, 5) is 165. The van der Waals surface area contributed by atoms with Gasteiger partial charge < -0.3 is 84.8 Å². The van der Waals surface area contributed by atoms with Gasteiger partial charge >= 0.3 is 0 Å². The molecule has 27 nitrogen and oxygen atoms in total. The molecule has 0 aliphatic carbocycles. The van der Waals surface area contributed by atoms with Crippen molar-refractivity contribution in [2.75, 3.05) is 39.3 Å². The summed E-state index contributed by atoms with van der Waals surface area (Å²) in [6, 6.07) is 3.01. The van der Waals surface area contributed by atoms with Gasteiger partial charge in [0.25, 0.3) is 0 Å². The number of fused-ring (bicyclic) bond motifs is 5. The summed E-state index contributed by atoms with van der Waals surface area (Å²) in [5, 5.41) is 22.0. The molecule has 0 spiro atoms. The molecule has 0 bridgehead atoms. The number of nitrogens with two attached hydrogens (primary N) is 4. The first-order valence-corrected chi connectivity index (χ1v) is 33.3. The van der Waals surface area contributed by atoms with Gasteiger partial charge in [-0.25, -0.2) is 0 Å². The topological polar surface area (TPSA) is 413 Å². The summed E-state index contributed by atoms with van der Waals surface area (Å²) in [7, 11) is 0. The number of amides is 10. The molecule has 2 aromatic carbocycles. The van der Waals surface area contributed by atoms with E-state index in [9.17, 15) is 24.0 Å². The van der Waals surface area contributed by atoms with Crippen molar-refractivity contribution >= 4 is 86.8 Å². The number of unbranched alkanes of at least 4 members (excludes halogenated alkanes) is 2. The van der Waals surface area contributed by atoms with Crippen LogP contribution in [0.1, 0.15) is 135 Å². The van der Waals surface area contributed by atoms with Gasteiger partial charge in [0.2, 0.25) is 59.1 Å². The van der Waals surface area contributed by atoms with Crippen molar-refractivity contribution in [3.8, 4) is 0 Å². The lowest BCUT2D eigenvalue weighted by molar-refractivity contribution is -0.148. The molecular formula is C66H97N17O10. The van der Waals surface area contributed by atoms with Gasteiger partial charge in [-0.15, -0.1) is 0 Å². The first-order chi connectivity index (χ1) is 44.7. The van der Waals surface area contributed by atoms with Gasteiger partial charge in [-0.2, -0.15) is 0 Å². The molecule has 4 saturated heterocycles. The number of carbonyl (C=O) groups is 10. The van der Waals surface area contributed by atoms with Crippen molar-refractivity contribution in [2.24, 2.45) is 39.8 Å². The van der Waals surface area contributed by atoms with Crippen molar-refractivity contribution in [1.29, 1.82) is 0 Å². The minimum atomic E-state index is -1.33. The number of H-pyrrole nitrogens is 2. The van der Waals surface area contributed by atoms with E-state index in [1.807, 2.05) is 55.5 Å². The van der Waals surface area contributed by atoms with Crippen LogP contribution >= 0.6 is 0 Å². The predicted octanol–water partition coefficient (Wildman–Crippen LogP) is 0.828. The van der Waals surface area contributed by atoms with Crippen LogP contribution < -0.4 is 60.2 Å². The second kappa shape index (κ2) is 33.3. The van der Waals surface area contributed by atoms with E-state index in [2.05, 4.69) is 52.2 Å². The summed E-state index contributed by atoms with van der Waals surface area (Å²) in [5.74, 6) is -7.69. The molecular weight excluding hydrogens is 1190 g/mol. The third kappa shape index (κ3) is 17.8. The lowest BCUT2D eigenvalue weighted by atomic mass is 9.95. The van der Waals surface area contributed by atoms with E-state index in [0.717, 1.165) is 27.4 Å². The Bertz CT molecular complexity index is 3320. The van der Waals surface area contributed by atoms with Crippen molar-refractivity contribution < 1.29 is 47.9 Å². The number of para-hydroxylation sites is 2. The molecule has 4 aliphatic rings. The predicted molar refractivity (Wildman–Crippen MR) is 352 cm³/mol. The van der Waals surface area contributed by atoms with E-state index < -0.39 is 131 Å². The quantitative estimate of drug-likeness (QED) is 0.0352. The maximum atomic E-state index is 15.4. The SMILES string of the molecule is CC[C@H](C)[C@@H]1NC(=O)[C@H](Cc2c[nH]c3ccccc23)NC(=O)[C@@H]2CCCN2C(=O)[C@H]2CCCN2C(=O)[C@H](Cc2c[nH]c3ccccc23)NC(=O)[C@@H]2CCCN2C(=O)[C@H](CCCCN)NC(=O)[C@H](CCCCN)NC(=O)[C@H](CCCN=C(N)N)NC(=O)[C@H](C(C)C)NC1=O. The lowest BCUT2D eigenvalue weighted by Gasteiger charge is -2.34. The van der Waals surface area contributed by atoms with Crippen LogP contribution in [0.2, 0.25) is 0 Å². The Kier molecular flexibility index (Phi) is 25.2. The molecule has 506 valence electrons. The van der Waals surface area contributed by atoms with Crippen molar-refractivity contribution in [2.45, 2.75) is 197 Å². The summed E-state index contributed by atoms with van der Waals surface area (Å²) in [6.45, 7) is 8.17. The Hall–Kier alpha value is -8.59. The van der Waals surface area contributed by atoms with Crippen LogP contribution in [0.5, 0.6) is 0 Å². The van der Waals surface area contributed by atoms with E-state index in [4.69, 9.17) is 22.9 Å². The molecule has 0 radical (unpaired) electrons. The monoisotopic (exact) mass is 1290 g/mol. The molecule has 2 aromatic heterocycles. The van der Waals surface area contributed by atoms with Crippen LogP contribution in [0.15, 0.2) is 65.9 Å². The Labute approximate surface area is 542 Å². The smallest absolute Gasteiger partial charge is 0.246 e. The molecule has 17 N–H and O–H groups in total. The molecule has 11 atom stereocenters. The van der Waals surface area contributed by atoms with Crippen molar-refractivity contribution in [1.82, 2.24) is 61.9 Å². The molecule has 10 amide bonds. The number of nitrogens with zero attached hydrogens (tertiary/aromatic N) is 4. The molecule has 8 rings (SSSR count). The normalized spacial score (nSPS) is 25.8. The molecule has 93 heavy (non-hydrogen) atoms. The minimum Gasteiger partial charge on any atom is -0.370 e. The Balaban J connectivity index is 1.18. The zero-order valence-corrected chi connectivity index (χ0v) is 54.1. The molecule has 4 aliphatic heterocycles. The summed E-state index contributed by atoms with van der Waals surface area (Å²) < 4.78 is 0. The summed E-state index contributed by atoms with van der Waals surface area (Å²) >= 11 is 0. The highest BCUT2D eigenvalue weighted by molar-refractivity contribution is 6.01. The Morgan fingerprint density at radius 2 is 0.903 bits per heavy atom. The first-order valence-electron chi connectivity index (χ1n) is 33.3. The fraction of sp³-hybridized carbons (Fsp3) is 0.591. The van der Waals surface area contributed by atoms with E-state index in [-0.39, 0.29) is 96.5 Å². The van der Waals surface area contributed by atoms with Gasteiger partial charge in [0.15, 0.2) is 5.96 Å². The average molecular weight is 1290 g/mol. The fourth-order valence-electron chi connectivity index (χ4n) is 13.3. The third-order valence-corrected chi connectivity index (χ3v) is 18.7. The van der Waals surface area contributed by atoms with E-state index >= 15 is 24.0 Å². The van der Waals surface area contributed by atoms with Gasteiger partial charge in [0, 0.05) is 73.2 Å². The highest BCUT2D eigenvalue weighted by Crippen LogP contribution is 2.29. The second-order valence-corrected chi connectivity index (χ2v) is 25.6. The molecule has 6 heterocycles. The largest absolute Gasteiger partial charge is 0.370 e. The van der Waals surface area contributed by atoms with Crippen molar-refractivity contribution in [3.63, 3.8) is 0 Å². The number of aliphatic imine (C=N–C) groups is 1. The van der Waals surface area contributed by atoms with Gasteiger partial charge in [-0.05, 0) is 138 Å². The van der Waals surface area contributed by atoms with Gasteiger partial charge in [0.05, 0.1) is 0 Å². The number of guanidine groups is 1. The molecule has 27 heteroatoms. The second-order valence-electron chi connectivity index (χ2n) is 25.6. The van der Waals surface area contributed by atoms with Crippen LogP contribution in [0.25, 0.3) is 21.8 Å². The third-order valence-electron chi connectivity index (χ3n) is 18.7. The molecule has 4 aromatic rings. The van der Waals surface area contributed by atoms with Crippen LogP contribution in [0.4, 0.5) is 0 Å². The number of hydrogen-bond donors (Lipinski definition) is 13. The lowest BCUT2D eigenvalue weighted by Crippen LogP contribution is -2.62. The fourth-order valence-corrected chi connectivity index (χ4v) is 13.3. The number of rotatable bonds is 19. The summed E-state index contributed by atoms with van der Waals surface area (Å²) in [6.07, 6.45) is 8.09. The maximum absolute atomic E-state index is 15.4. The number of nitrogens with one attached hydrogen (secondary N) is 9. The van der Waals surface area contributed by atoms with E-state index in [0.29, 0.717) is 63.5 Å². The number of carbonyl (C=O) groups excluding carboxylic acids is 10. The molecule has 0 unspecified atom stereocenters.